The highest BCUT2D eigenvalue weighted by Crippen LogP contribution is 2.44. The molecule has 0 saturated heterocycles. The second-order valence-corrected chi connectivity index (χ2v) is 5.59. The molecule has 0 bridgehead atoms. The Morgan fingerprint density at radius 3 is 2.12 bits per heavy atom. The summed E-state index contributed by atoms with van der Waals surface area (Å²) in [7, 11) is 0. The first-order valence-corrected chi connectivity index (χ1v) is 7.62. The van der Waals surface area contributed by atoms with Crippen LogP contribution in [-0.4, -0.2) is 36.9 Å². The van der Waals surface area contributed by atoms with E-state index in [4.69, 9.17) is 9.84 Å². The van der Waals surface area contributed by atoms with E-state index in [1.807, 2.05) is 53.8 Å². The number of nitrogens with one attached hydrogen (secondary N) is 1. The van der Waals surface area contributed by atoms with Gasteiger partial charge in [0.05, 0.1) is 6.61 Å². The van der Waals surface area contributed by atoms with Crippen LogP contribution >= 0.6 is 0 Å². The lowest BCUT2D eigenvalue weighted by atomic mass is 9.98. The van der Waals surface area contributed by atoms with Gasteiger partial charge >= 0.3 is 6.09 Å². The van der Waals surface area contributed by atoms with E-state index in [9.17, 15) is 13.6 Å². The van der Waals surface area contributed by atoms with Gasteiger partial charge in [0, 0.05) is 5.92 Å². The van der Waals surface area contributed by atoms with Gasteiger partial charge in [-0.15, -0.1) is 0 Å². The van der Waals surface area contributed by atoms with Crippen molar-refractivity contribution < 1.29 is 23.4 Å². The number of hydrogen-bond donors (Lipinski definition) is 2. The largest absolute Gasteiger partial charge is 0.449 e. The highest BCUT2D eigenvalue weighted by molar-refractivity contribution is 5.79. The van der Waals surface area contributed by atoms with E-state index < -0.39 is 25.2 Å². The molecule has 2 aromatic rings. The maximum atomic E-state index is 12.6. The molecule has 1 aliphatic rings. The second-order valence-electron chi connectivity index (χ2n) is 5.59. The van der Waals surface area contributed by atoms with Crippen LogP contribution in [0.3, 0.4) is 0 Å². The van der Waals surface area contributed by atoms with Crippen LogP contribution in [0, 0.1) is 0 Å². The van der Waals surface area contributed by atoms with Gasteiger partial charge in [-0.05, 0) is 22.3 Å². The second kappa shape index (κ2) is 6.97. The third-order valence-electron chi connectivity index (χ3n) is 4.15. The first-order chi connectivity index (χ1) is 11.6. The normalized spacial score (nSPS) is 14.2. The lowest BCUT2D eigenvalue weighted by molar-refractivity contribution is 0.0578. The number of carbonyl (C=O) groups excluding carboxylic acids is 1. The molecule has 2 N–H and O–H groups in total. The van der Waals surface area contributed by atoms with Crippen LogP contribution in [-0.2, 0) is 4.74 Å². The molecule has 0 aromatic heterocycles. The van der Waals surface area contributed by atoms with E-state index in [0.29, 0.717) is 0 Å². The fourth-order valence-electron chi connectivity index (χ4n) is 2.98. The average molecular weight is 333 g/mol. The van der Waals surface area contributed by atoms with E-state index in [-0.39, 0.29) is 12.5 Å². The Labute approximate surface area is 138 Å². The van der Waals surface area contributed by atoms with Crippen molar-refractivity contribution in [2.45, 2.75) is 18.4 Å². The molecule has 24 heavy (non-hydrogen) atoms. The predicted octanol–water partition coefficient (Wildman–Crippen LogP) is 3.15. The van der Waals surface area contributed by atoms with Gasteiger partial charge in [-0.2, -0.15) is 0 Å². The summed E-state index contributed by atoms with van der Waals surface area (Å²) in [6.45, 7) is -0.802. The molecular formula is C18H17F2NO3. The fraction of sp³-hybridized carbons (Fsp3) is 0.278. The molecule has 3 rings (SSSR count). The van der Waals surface area contributed by atoms with E-state index in [1.165, 1.54) is 0 Å². The quantitative estimate of drug-likeness (QED) is 0.884. The van der Waals surface area contributed by atoms with Crippen LogP contribution in [0.15, 0.2) is 48.5 Å². The molecule has 0 spiro atoms. The van der Waals surface area contributed by atoms with Crippen molar-refractivity contribution in [3.63, 3.8) is 0 Å². The summed E-state index contributed by atoms with van der Waals surface area (Å²) in [5, 5.41) is 10.8. The Bertz CT molecular complexity index is 690. The number of amides is 1. The fourth-order valence-corrected chi connectivity index (χ4v) is 2.98. The van der Waals surface area contributed by atoms with Gasteiger partial charge in [0.1, 0.15) is 12.6 Å². The van der Waals surface area contributed by atoms with Crippen molar-refractivity contribution in [1.29, 1.82) is 0 Å². The van der Waals surface area contributed by atoms with Gasteiger partial charge in [0.2, 0.25) is 0 Å². The van der Waals surface area contributed by atoms with E-state index in [0.717, 1.165) is 22.3 Å². The van der Waals surface area contributed by atoms with Crippen molar-refractivity contribution in [3.05, 3.63) is 59.7 Å². The van der Waals surface area contributed by atoms with Crippen LogP contribution in [0.25, 0.3) is 11.1 Å². The van der Waals surface area contributed by atoms with E-state index in [1.54, 1.807) is 0 Å². The summed E-state index contributed by atoms with van der Waals surface area (Å²) in [4.78, 5) is 11.7. The van der Waals surface area contributed by atoms with Gasteiger partial charge in [0.15, 0.2) is 0 Å². The third-order valence-corrected chi connectivity index (χ3v) is 4.15. The van der Waals surface area contributed by atoms with Gasteiger partial charge in [-0.3, -0.25) is 0 Å². The van der Waals surface area contributed by atoms with Crippen molar-refractivity contribution in [3.8, 4) is 11.1 Å². The van der Waals surface area contributed by atoms with Crippen LogP contribution in [0.4, 0.5) is 13.6 Å². The number of benzene rings is 2. The maximum Gasteiger partial charge on any atom is 0.407 e. The maximum absolute atomic E-state index is 12.6. The Morgan fingerprint density at radius 1 is 1.08 bits per heavy atom. The number of alkyl halides is 2. The molecule has 1 atom stereocenters. The molecule has 6 heteroatoms. The minimum Gasteiger partial charge on any atom is -0.449 e. The van der Waals surface area contributed by atoms with Crippen molar-refractivity contribution >= 4 is 6.09 Å². The summed E-state index contributed by atoms with van der Waals surface area (Å²) in [6, 6.07) is 14.0. The molecule has 0 fully saturated rings. The van der Waals surface area contributed by atoms with Gasteiger partial charge in [-0.1, -0.05) is 48.5 Å². The molecular weight excluding hydrogens is 316 g/mol. The molecule has 0 saturated carbocycles. The molecule has 126 valence electrons. The van der Waals surface area contributed by atoms with Gasteiger partial charge in [0.25, 0.3) is 6.43 Å². The summed E-state index contributed by atoms with van der Waals surface area (Å²) in [5.41, 5.74) is 4.25. The minimum atomic E-state index is -2.85. The zero-order valence-corrected chi connectivity index (χ0v) is 12.8. The van der Waals surface area contributed by atoms with Crippen molar-refractivity contribution in [2.24, 2.45) is 0 Å². The SMILES string of the molecule is O=C(N[C@H](CO)C(F)F)OCC1c2ccccc2-c2ccccc21. The Balaban J connectivity index is 1.73. The zero-order valence-electron chi connectivity index (χ0n) is 12.8. The Hall–Kier alpha value is -2.47. The lowest BCUT2D eigenvalue weighted by Gasteiger charge is -2.17. The molecule has 1 amide bonds. The number of ether oxygens (including phenoxy) is 1. The number of hydrogen-bond acceptors (Lipinski definition) is 3. The summed E-state index contributed by atoms with van der Waals surface area (Å²) in [6.07, 6.45) is -3.81. The Morgan fingerprint density at radius 2 is 1.62 bits per heavy atom. The van der Waals surface area contributed by atoms with E-state index in [2.05, 4.69) is 0 Å². The topological polar surface area (TPSA) is 58.6 Å². The van der Waals surface area contributed by atoms with Crippen LogP contribution < -0.4 is 5.32 Å². The molecule has 0 heterocycles. The summed E-state index contributed by atoms with van der Waals surface area (Å²) >= 11 is 0. The molecule has 1 aliphatic carbocycles. The monoisotopic (exact) mass is 333 g/mol. The Kier molecular flexibility index (Phi) is 4.76. The van der Waals surface area contributed by atoms with Crippen LogP contribution in [0.2, 0.25) is 0 Å². The lowest BCUT2D eigenvalue weighted by Crippen LogP contribution is -2.43. The molecule has 0 unspecified atom stereocenters. The zero-order chi connectivity index (χ0) is 17.1. The molecule has 0 aliphatic heterocycles. The van der Waals surface area contributed by atoms with Crippen molar-refractivity contribution in [1.82, 2.24) is 5.32 Å². The number of rotatable bonds is 5. The minimum absolute atomic E-state index is 0.0429. The molecule has 2 aromatic carbocycles. The first kappa shape index (κ1) is 16.4. The summed E-state index contributed by atoms with van der Waals surface area (Å²) in [5.74, 6) is -0.137. The number of alkyl carbamates (subject to hydrolysis) is 1. The molecule has 0 radical (unpaired) electrons. The predicted molar refractivity (Wildman–Crippen MR) is 85.1 cm³/mol. The van der Waals surface area contributed by atoms with E-state index >= 15 is 0 Å². The third kappa shape index (κ3) is 3.10. The highest BCUT2D eigenvalue weighted by atomic mass is 19.3. The van der Waals surface area contributed by atoms with Gasteiger partial charge < -0.3 is 15.2 Å². The van der Waals surface area contributed by atoms with Gasteiger partial charge in [-0.25, -0.2) is 13.6 Å². The first-order valence-electron chi connectivity index (χ1n) is 7.62. The highest BCUT2D eigenvalue weighted by Gasteiger charge is 2.29. The van der Waals surface area contributed by atoms with Crippen molar-refractivity contribution in [2.75, 3.05) is 13.2 Å². The van der Waals surface area contributed by atoms with Crippen LogP contribution in [0.5, 0.6) is 0 Å². The van der Waals surface area contributed by atoms with Crippen LogP contribution in [0.1, 0.15) is 17.0 Å². The average Bonchev–Trinajstić information content (AvgIpc) is 2.91. The number of aliphatic hydroxyl groups is 1. The number of halogens is 2. The number of carbonyl (C=O) groups is 1. The molecule has 4 nitrogen and oxygen atoms in total. The number of aliphatic hydroxyl groups excluding tert-OH is 1. The standard InChI is InChI=1S/C18H17F2NO3/c19-17(20)16(9-22)21-18(23)24-10-15-13-7-3-1-5-11(13)12-6-2-4-8-14(12)15/h1-8,15-17,22H,9-10H2,(H,21,23)/t16-/m1/s1. The summed E-state index contributed by atoms with van der Waals surface area (Å²) < 4.78 is 30.3. The number of fused-ring (bicyclic) bond motifs is 3. The smallest absolute Gasteiger partial charge is 0.407 e.